The first kappa shape index (κ1) is 23.1. The molecule has 7 nitrogen and oxygen atoms in total. The van der Waals surface area contributed by atoms with Gasteiger partial charge in [0, 0.05) is 44.2 Å². The maximum Gasteiger partial charge on any atom is 0.193 e. The van der Waals surface area contributed by atoms with Crippen LogP contribution >= 0.6 is 24.0 Å². The number of halogens is 1. The van der Waals surface area contributed by atoms with Crippen LogP contribution in [0.25, 0.3) is 0 Å². The number of methoxy groups -OCH3 is 1. The van der Waals surface area contributed by atoms with Crippen LogP contribution in [0.15, 0.2) is 17.1 Å². The summed E-state index contributed by atoms with van der Waals surface area (Å²) in [5.41, 5.74) is 2.14. The highest BCUT2D eigenvalue weighted by molar-refractivity contribution is 14.0. The molecular formula is C19H30IN3O4S. The molecule has 0 radical (unpaired) electrons. The van der Waals surface area contributed by atoms with E-state index in [1.807, 2.05) is 17.0 Å². The van der Waals surface area contributed by atoms with Gasteiger partial charge in [-0.25, -0.2) is 8.42 Å². The van der Waals surface area contributed by atoms with E-state index < -0.39 is 14.6 Å². The van der Waals surface area contributed by atoms with Crippen molar-refractivity contribution in [1.82, 2.24) is 10.2 Å². The van der Waals surface area contributed by atoms with Gasteiger partial charge < -0.3 is 19.7 Å². The van der Waals surface area contributed by atoms with Gasteiger partial charge in [-0.15, -0.1) is 24.0 Å². The summed E-state index contributed by atoms with van der Waals surface area (Å²) in [5.74, 6) is 2.54. The van der Waals surface area contributed by atoms with Crippen LogP contribution in [0, 0.1) is 0 Å². The van der Waals surface area contributed by atoms with Crippen LogP contribution in [-0.2, 0) is 22.8 Å². The highest BCUT2D eigenvalue weighted by Crippen LogP contribution is 2.35. The normalized spacial score (nSPS) is 22.7. The van der Waals surface area contributed by atoms with Gasteiger partial charge in [0.15, 0.2) is 15.8 Å². The van der Waals surface area contributed by atoms with Crippen molar-refractivity contribution in [2.75, 3.05) is 33.0 Å². The number of fused-ring (bicyclic) bond motifs is 1. The lowest BCUT2D eigenvalue weighted by Gasteiger charge is -2.39. The van der Waals surface area contributed by atoms with Gasteiger partial charge in [0.1, 0.15) is 17.6 Å². The van der Waals surface area contributed by atoms with E-state index in [9.17, 15) is 8.42 Å². The van der Waals surface area contributed by atoms with Gasteiger partial charge in [0.25, 0.3) is 0 Å². The number of rotatable bonds is 3. The molecule has 28 heavy (non-hydrogen) atoms. The standard InChI is InChI=1S/C19H29N3O4S.HI/c1-13-8-14-9-16(25-5)15(10-17(14)26-13)11-21-18(20-4)22-6-7-27(23,24)19(2,3)12-22;/h9-10,13H,6-8,11-12H2,1-5H3,(H,20,21);1H. The van der Waals surface area contributed by atoms with E-state index in [1.165, 1.54) is 0 Å². The number of nitrogens with one attached hydrogen (secondary N) is 1. The Morgan fingerprint density at radius 1 is 1.43 bits per heavy atom. The number of sulfone groups is 1. The van der Waals surface area contributed by atoms with Crippen molar-refractivity contribution < 1.29 is 17.9 Å². The largest absolute Gasteiger partial charge is 0.496 e. The van der Waals surface area contributed by atoms with Gasteiger partial charge in [0.2, 0.25) is 0 Å². The second kappa shape index (κ2) is 8.64. The van der Waals surface area contributed by atoms with Crippen molar-refractivity contribution in [1.29, 1.82) is 0 Å². The average Bonchev–Trinajstić information content (AvgIpc) is 2.96. The van der Waals surface area contributed by atoms with E-state index >= 15 is 0 Å². The highest BCUT2D eigenvalue weighted by atomic mass is 127. The first-order valence-electron chi connectivity index (χ1n) is 9.21. The lowest BCUT2D eigenvalue weighted by atomic mass is 10.1. The fourth-order valence-electron chi connectivity index (χ4n) is 3.64. The Morgan fingerprint density at radius 3 is 2.75 bits per heavy atom. The van der Waals surface area contributed by atoms with Crippen LogP contribution in [-0.4, -0.2) is 63.1 Å². The van der Waals surface area contributed by atoms with E-state index in [-0.39, 0.29) is 35.8 Å². The Bertz CT molecular complexity index is 855. The number of nitrogens with zero attached hydrogens (tertiary/aromatic N) is 2. The van der Waals surface area contributed by atoms with Gasteiger partial charge in [0.05, 0.1) is 17.6 Å². The third-order valence-electron chi connectivity index (χ3n) is 5.29. The second-order valence-corrected chi connectivity index (χ2v) is 10.5. The number of hydrogen-bond acceptors (Lipinski definition) is 5. The van der Waals surface area contributed by atoms with E-state index in [0.29, 0.717) is 25.6 Å². The zero-order chi connectivity index (χ0) is 19.8. The second-order valence-electron chi connectivity index (χ2n) is 7.81. The summed E-state index contributed by atoms with van der Waals surface area (Å²) in [6.07, 6.45) is 1.07. The molecule has 0 aliphatic carbocycles. The SMILES string of the molecule is CN=C(NCc1cc2c(cc1OC)CC(C)O2)N1CCS(=O)(=O)C(C)(C)C1.I. The molecule has 0 aromatic heterocycles. The van der Waals surface area contributed by atoms with Crippen LogP contribution in [0.1, 0.15) is 31.9 Å². The van der Waals surface area contributed by atoms with Crippen LogP contribution < -0.4 is 14.8 Å². The fraction of sp³-hybridized carbons (Fsp3) is 0.632. The molecule has 158 valence electrons. The molecule has 9 heteroatoms. The van der Waals surface area contributed by atoms with Crippen LogP contribution in [0.2, 0.25) is 0 Å². The smallest absolute Gasteiger partial charge is 0.193 e. The molecule has 1 fully saturated rings. The molecule has 1 unspecified atom stereocenters. The molecule has 0 spiro atoms. The van der Waals surface area contributed by atoms with Crippen molar-refractivity contribution in [2.24, 2.45) is 4.99 Å². The van der Waals surface area contributed by atoms with Gasteiger partial charge in [-0.1, -0.05) is 0 Å². The average molecular weight is 523 g/mol. The maximum atomic E-state index is 12.2. The summed E-state index contributed by atoms with van der Waals surface area (Å²) in [4.78, 5) is 6.34. The van der Waals surface area contributed by atoms with Crippen molar-refractivity contribution in [3.8, 4) is 11.5 Å². The Hall–Kier alpha value is -1.23. The minimum absolute atomic E-state index is 0. The molecule has 2 heterocycles. The topological polar surface area (TPSA) is 80.2 Å². The lowest BCUT2D eigenvalue weighted by molar-refractivity contribution is 0.254. The number of hydrogen-bond donors (Lipinski definition) is 1. The quantitative estimate of drug-likeness (QED) is 0.372. The maximum absolute atomic E-state index is 12.2. The summed E-state index contributed by atoms with van der Waals surface area (Å²) in [6.45, 7) is 6.96. The first-order valence-corrected chi connectivity index (χ1v) is 10.9. The molecular weight excluding hydrogens is 493 g/mol. The molecule has 0 saturated carbocycles. The minimum Gasteiger partial charge on any atom is -0.496 e. The molecule has 1 aromatic carbocycles. The third kappa shape index (κ3) is 4.50. The fourth-order valence-corrected chi connectivity index (χ4v) is 5.01. The van der Waals surface area contributed by atoms with E-state index in [0.717, 1.165) is 29.0 Å². The van der Waals surface area contributed by atoms with Gasteiger partial charge >= 0.3 is 0 Å². The molecule has 1 N–H and O–H groups in total. The zero-order valence-electron chi connectivity index (χ0n) is 17.1. The van der Waals surface area contributed by atoms with E-state index in [4.69, 9.17) is 9.47 Å². The summed E-state index contributed by atoms with van der Waals surface area (Å²) < 4.78 is 35.1. The van der Waals surface area contributed by atoms with Gasteiger partial charge in [-0.3, -0.25) is 4.99 Å². The monoisotopic (exact) mass is 523 g/mol. The Kier molecular flexibility index (Phi) is 7.12. The number of aliphatic imine (C=N–C) groups is 1. The predicted molar refractivity (Wildman–Crippen MR) is 122 cm³/mol. The van der Waals surface area contributed by atoms with E-state index in [1.54, 1.807) is 28.0 Å². The molecule has 1 aromatic rings. The third-order valence-corrected chi connectivity index (χ3v) is 7.82. The van der Waals surface area contributed by atoms with Crippen molar-refractivity contribution >= 4 is 39.8 Å². The summed E-state index contributed by atoms with van der Waals surface area (Å²) in [5, 5.41) is 3.34. The zero-order valence-corrected chi connectivity index (χ0v) is 20.3. The molecule has 1 atom stereocenters. The number of benzene rings is 1. The van der Waals surface area contributed by atoms with Gasteiger partial charge in [-0.05, 0) is 32.9 Å². The van der Waals surface area contributed by atoms with Crippen molar-refractivity contribution in [3.63, 3.8) is 0 Å². The summed E-state index contributed by atoms with van der Waals surface area (Å²) >= 11 is 0. The number of ether oxygens (including phenoxy) is 2. The first-order chi connectivity index (χ1) is 12.7. The predicted octanol–water partition coefficient (Wildman–Crippen LogP) is 2.22. The molecule has 0 amide bonds. The van der Waals surface area contributed by atoms with Gasteiger partial charge in [-0.2, -0.15) is 0 Å². The highest BCUT2D eigenvalue weighted by Gasteiger charge is 2.41. The van der Waals surface area contributed by atoms with E-state index in [2.05, 4.69) is 17.2 Å². The van der Waals surface area contributed by atoms with Crippen LogP contribution in [0.5, 0.6) is 11.5 Å². The lowest BCUT2D eigenvalue weighted by Crippen LogP contribution is -2.57. The summed E-state index contributed by atoms with van der Waals surface area (Å²) in [6, 6.07) is 4.05. The number of guanidine groups is 1. The Morgan fingerprint density at radius 2 is 2.14 bits per heavy atom. The molecule has 1 saturated heterocycles. The Balaban J connectivity index is 0.00000280. The molecule has 2 aliphatic rings. The van der Waals surface area contributed by atoms with Crippen molar-refractivity contribution in [2.45, 2.75) is 44.6 Å². The summed E-state index contributed by atoms with van der Waals surface area (Å²) in [7, 11) is 0.289. The van der Waals surface area contributed by atoms with Crippen molar-refractivity contribution in [3.05, 3.63) is 23.3 Å². The molecule has 0 bridgehead atoms. The van der Waals surface area contributed by atoms with Crippen LogP contribution in [0.3, 0.4) is 0 Å². The molecule has 2 aliphatic heterocycles. The molecule has 3 rings (SSSR count). The van der Waals surface area contributed by atoms with Crippen LogP contribution in [0.4, 0.5) is 0 Å². The Labute approximate surface area is 184 Å². The minimum atomic E-state index is -3.09.